The van der Waals surface area contributed by atoms with Crippen LogP contribution in [0.15, 0.2) is 94.9 Å². The fourth-order valence-corrected chi connectivity index (χ4v) is 5.96. The number of benzene rings is 3. The molecule has 0 aliphatic rings. The predicted molar refractivity (Wildman–Crippen MR) is 145 cm³/mol. The molecule has 0 fully saturated rings. The first-order valence-corrected chi connectivity index (χ1v) is 14.5. The lowest BCUT2D eigenvalue weighted by Gasteiger charge is -2.24. The lowest BCUT2D eigenvalue weighted by molar-refractivity contribution is -0.114. The minimum atomic E-state index is -4.24. The zero-order valence-corrected chi connectivity index (χ0v) is 22.6. The van der Waals surface area contributed by atoms with E-state index in [4.69, 9.17) is 11.6 Å². The van der Waals surface area contributed by atoms with Gasteiger partial charge in [0.05, 0.1) is 20.5 Å². The van der Waals surface area contributed by atoms with Crippen LogP contribution in [0.3, 0.4) is 0 Å². The molecule has 0 unspecified atom stereocenters. The van der Waals surface area contributed by atoms with Gasteiger partial charge in [-0.1, -0.05) is 29.8 Å². The molecule has 0 saturated heterocycles. The van der Waals surface area contributed by atoms with Gasteiger partial charge in [-0.2, -0.15) is 0 Å². The Morgan fingerprint density at radius 2 is 1.64 bits per heavy atom. The summed E-state index contributed by atoms with van der Waals surface area (Å²) in [6, 6.07) is 17.5. The van der Waals surface area contributed by atoms with Gasteiger partial charge in [-0.15, -0.1) is 0 Å². The molecule has 0 atom stereocenters. The summed E-state index contributed by atoms with van der Waals surface area (Å²) in [6.45, 7) is 1.01. The van der Waals surface area contributed by atoms with Crippen molar-refractivity contribution in [2.45, 2.75) is 16.7 Å². The number of amides is 1. The van der Waals surface area contributed by atoms with Crippen LogP contribution in [0.2, 0.25) is 5.02 Å². The number of hydrogen-bond donors (Lipinski definition) is 2. The van der Waals surface area contributed by atoms with E-state index in [9.17, 15) is 26.0 Å². The van der Waals surface area contributed by atoms with Crippen LogP contribution in [0.25, 0.3) is 0 Å². The minimum Gasteiger partial charge on any atom is -0.325 e. The minimum absolute atomic E-state index is 0.0220. The van der Waals surface area contributed by atoms with E-state index in [-0.39, 0.29) is 32.1 Å². The molecule has 39 heavy (non-hydrogen) atoms. The Labute approximate surface area is 229 Å². The Bertz CT molecular complexity index is 1720. The lowest BCUT2D eigenvalue weighted by atomic mass is 10.3. The van der Waals surface area contributed by atoms with Gasteiger partial charge in [0, 0.05) is 17.6 Å². The van der Waals surface area contributed by atoms with Crippen molar-refractivity contribution in [2.75, 3.05) is 20.9 Å². The van der Waals surface area contributed by atoms with Crippen LogP contribution in [-0.2, 0) is 24.8 Å². The highest BCUT2D eigenvalue weighted by Gasteiger charge is 2.28. The average molecular weight is 590 g/mol. The van der Waals surface area contributed by atoms with Crippen LogP contribution in [0.1, 0.15) is 5.69 Å². The summed E-state index contributed by atoms with van der Waals surface area (Å²) < 4.78 is 68.9. The first-order chi connectivity index (χ1) is 18.5. The third kappa shape index (κ3) is 6.69. The molecule has 10 nitrogen and oxygen atoms in total. The van der Waals surface area contributed by atoms with E-state index in [2.05, 4.69) is 20.0 Å². The van der Waals surface area contributed by atoms with Gasteiger partial charge in [-0.25, -0.2) is 35.9 Å². The van der Waals surface area contributed by atoms with Gasteiger partial charge in [0.2, 0.25) is 11.9 Å². The van der Waals surface area contributed by atoms with Crippen molar-refractivity contribution in [3.63, 3.8) is 0 Å². The number of anilines is 3. The summed E-state index contributed by atoms with van der Waals surface area (Å²) in [7, 11) is -8.24. The van der Waals surface area contributed by atoms with E-state index >= 15 is 0 Å². The predicted octanol–water partition coefficient (Wildman–Crippen LogP) is 4.21. The third-order valence-corrected chi connectivity index (χ3v) is 8.70. The molecule has 1 aromatic heterocycles. The highest BCUT2D eigenvalue weighted by Crippen LogP contribution is 2.28. The molecule has 4 rings (SSSR count). The molecule has 0 radical (unpaired) electrons. The maximum atomic E-state index is 13.8. The zero-order chi connectivity index (χ0) is 28.2. The molecule has 0 bridgehead atoms. The number of halogens is 2. The molecule has 1 heterocycles. The molecule has 0 spiro atoms. The maximum absolute atomic E-state index is 13.8. The summed E-state index contributed by atoms with van der Waals surface area (Å²) in [5, 5.41) is 2.22. The summed E-state index contributed by atoms with van der Waals surface area (Å²) in [5.74, 6) is -1.58. The monoisotopic (exact) mass is 589 g/mol. The molecular formula is C25H21ClFN5O5S2. The van der Waals surface area contributed by atoms with E-state index in [0.717, 1.165) is 16.4 Å². The fraction of sp³-hybridized carbons (Fsp3) is 0.0800. The first kappa shape index (κ1) is 28.0. The third-order valence-electron chi connectivity index (χ3n) is 5.28. The average Bonchev–Trinajstić information content (AvgIpc) is 2.89. The molecule has 2 N–H and O–H groups in total. The number of rotatable bonds is 9. The molecule has 4 aromatic rings. The molecular weight excluding hydrogens is 569 g/mol. The Morgan fingerprint density at radius 3 is 2.28 bits per heavy atom. The van der Waals surface area contributed by atoms with Gasteiger partial charge in [-0.05, 0) is 67.6 Å². The number of aryl methyl sites for hydroxylation is 1. The van der Waals surface area contributed by atoms with E-state index in [0.29, 0.717) is 5.69 Å². The van der Waals surface area contributed by atoms with E-state index in [1.165, 1.54) is 60.8 Å². The van der Waals surface area contributed by atoms with Gasteiger partial charge in [-0.3, -0.25) is 9.10 Å². The van der Waals surface area contributed by atoms with Crippen molar-refractivity contribution in [1.82, 2.24) is 9.97 Å². The van der Waals surface area contributed by atoms with Crippen molar-refractivity contribution in [1.29, 1.82) is 0 Å². The lowest BCUT2D eigenvalue weighted by Crippen LogP contribution is -2.38. The van der Waals surface area contributed by atoms with Gasteiger partial charge in [0.25, 0.3) is 20.0 Å². The quantitative estimate of drug-likeness (QED) is 0.298. The van der Waals surface area contributed by atoms with Crippen LogP contribution in [0.4, 0.5) is 21.7 Å². The SMILES string of the molecule is Cc1ccnc(NS(=O)(=O)c2ccc(NC(=O)CN(c3ccc(F)c(Cl)c3)S(=O)(=O)c3ccccc3)cc2)n1. The van der Waals surface area contributed by atoms with Gasteiger partial charge < -0.3 is 5.32 Å². The van der Waals surface area contributed by atoms with Crippen LogP contribution in [0, 0.1) is 12.7 Å². The van der Waals surface area contributed by atoms with Crippen molar-refractivity contribution in [3.05, 3.63) is 102 Å². The Hall–Kier alpha value is -4.07. The molecule has 1 amide bonds. The summed E-state index contributed by atoms with van der Waals surface area (Å²) in [4.78, 5) is 20.6. The highest BCUT2D eigenvalue weighted by atomic mass is 35.5. The van der Waals surface area contributed by atoms with Crippen LogP contribution in [0.5, 0.6) is 0 Å². The highest BCUT2D eigenvalue weighted by molar-refractivity contribution is 7.93. The summed E-state index contributed by atoms with van der Waals surface area (Å²) in [6.07, 6.45) is 1.42. The Kier molecular flexibility index (Phi) is 8.14. The number of sulfonamides is 2. The normalized spacial score (nSPS) is 11.6. The fourth-order valence-electron chi connectivity index (χ4n) is 3.40. The second-order valence-electron chi connectivity index (χ2n) is 8.12. The second-order valence-corrected chi connectivity index (χ2v) is 12.1. The number of carbonyl (C=O) groups excluding carboxylic acids is 1. The van der Waals surface area contributed by atoms with Crippen molar-refractivity contribution in [3.8, 4) is 0 Å². The van der Waals surface area contributed by atoms with Gasteiger partial charge in [0.1, 0.15) is 12.4 Å². The van der Waals surface area contributed by atoms with Crippen molar-refractivity contribution < 1.29 is 26.0 Å². The number of hydrogen-bond acceptors (Lipinski definition) is 7. The Balaban J connectivity index is 1.54. The Morgan fingerprint density at radius 1 is 0.949 bits per heavy atom. The molecule has 14 heteroatoms. The topological polar surface area (TPSA) is 138 Å². The second kappa shape index (κ2) is 11.4. The summed E-state index contributed by atoms with van der Waals surface area (Å²) in [5.41, 5.74) is 0.762. The molecule has 0 saturated carbocycles. The molecule has 3 aromatic carbocycles. The zero-order valence-electron chi connectivity index (χ0n) is 20.2. The standard InChI is InChI=1S/C25H21ClFN5O5S2/c1-17-13-14-28-25(29-17)31-38(34,35)20-10-7-18(8-11-20)30-24(33)16-32(19-9-12-23(27)22(26)15-19)39(36,37)21-5-3-2-4-6-21/h2-15H,16H2,1H3,(H,30,33)(H,28,29,31). The van der Waals surface area contributed by atoms with Crippen molar-refractivity contribution >= 4 is 54.9 Å². The maximum Gasteiger partial charge on any atom is 0.264 e. The van der Waals surface area contributed by atoms with E-state index in [1.807, 2.05) is 0 Å². The first-order valence-electron chi connectivity index (χ1n) is 11.2. The van der Waals surface area contributed by atoms with Crippen LogP contribution >= 0.6 is 11.6 Å². The van der Waals surface area contributed by atoms with Crippen LogP contribution in [-0.4, -0.2) is 39.3 Å². The van der Waals surface area contributed by atoms with Gasteiger partial charge >= 0.3 is 0 Å². The number of aromatic nitrogens is 2. The van der Waals surface area contributed by atoms with Gasteiger partial charge in [0.15, 0.2) is 0 Å². The smallest absolute Gasteiger partial charge is 0.264 e. The van der Waals surface area contributed by atoms with Crippen molar-refractivity contribution in [2.24, 2.45) is 0 Å². The largest absolute Gasteiger partial charge is 0.325 e. The number of carbonyl (C=O) groups is 1. The molecule has 0 aliphatic carbocycles. The number of nitrogens with one attached hydrogen (secondary N) is 2. The molecule has 0 aliphatic heterocycles. The van der Waals surface area contributed by atoms with E-state index < -0.39 is 38.3 Å². The van der Waals surface area contributed by atoms with E-state index in [1.54, 1.807) is 19.1 Å². The summed E-state index contributed by atoms with van der Waals surface area (Å²) >= 11 is 5.87. The molecule has 202 valence electrons. The van der Waals surface area contributed by atoms with Crippen LogP contribution < -0.4 is 14.3 Å². The number of nitrogens with zero attached hydrogens (tertiary/aromatic N) is 3.